The molecular weight excluding hydrogens is 354 g/mol. The van der Waals surface area contributed by atoms with Gasteiger partial charge in [-0.1, -0.05) is 24.3 Å². The van der Waals surface area contributed by atoms with Gasteiger partial charge >= 0.3 is 0 Å². The highest BCUT2D eigenvalue weighted by atomic mass is 16.5. The van der Waals surface area contributed by atoms with Gasteiger partial charge in [-0.15, -0.1) is 0 Å². The number of nitrogens with zero attached hydrogens (tertiary/aromatic N) is 2. The Morgan fingerprint density at radius 2 is 2.00 bits per heavy atom. The molecule has 0 radical (unpaired) electrons. The molecule has 0 bridgehead atoms. The standard InChI is InChI=1S/C22H23N3O3/c1-2-28-20-13-6-4-10-18(20)24-21(26)14-25-19-12-5-3-9-17(19)23-16-11-7-8-15(16)22(25)27/h3-6,9-10,12-13,15H,2,7-8,11,14H2,1H3,(H,24,26)/t15-/m0/s1. The molecule has 0 unspecified atom stereocenters. The second-order valence-electron chi connectivity index (χ2n) is 6.94. The molecule has 6 nitrogen and oxygen atoms in total. The Kier molecular flexibility index (Phi) is 5.10. The van der Waals surface area contributed by atoms with Gasteiger partial charge in [0.05, 0.1) is 29.6 Å². The van der Waals surface area contributed by atoms with Gasteiger partial charge in [-0.3, -0.25) is 14.6 Å². The molecule has 6 heteroatoms. The molecule has 28 heavy (non-hydrogen) atoms. The van der Waals surface area contributed by atoms with E-state index in [4.69, 9.17) is 9.73 Å². The number of ether oxygens (including phenoxy) is 1. The van der Waals surface area contributed by atoms with Gasteiger partial charge < -0.3 is 15.0 Å². The van der Waals surface area contributed by atoms with E-state index in [1.54, 1.807) is 11.0 Å². The molecule has 1 saturated carbocycles. The fourth-order valence-electron chi connectivity index (χ4n) is 3.82. The lowest BCUT2D eigenvalue weighted by Crippen LogP contribution is -2.41. The number of benzene rings is 2. The summed E-state index contributed by atoms with van der Waals surface area (Å²) in [7, 11) is 0. The van der Waals surface area contributed by atoms with Gasteiger partial charge in [0, 0.05) is 5.71 Å². The van der Waals surface area contributed by atoms with Crippen molar-refractivity contribution in [1.82, 2.24) is 0 Å². The van der Waals surface area contributed by atoms with Crippen LogP contribution in [0.1, 0.15) is 26.2 Å². The Bertz CT molecular complexity index is 938. The topological polar surface area (TPSA) is 71.0 Å². The van der Waals surface area contributed by atoms with Crippen molar-refractivity contribution in [2.45, 2.75) is 26.2 Å². The Morgan fingerprint density at radius 3 is 2.86 bits per heavy atom. The Balaban J connectivity index is 1.59. The lowest BCUT2D eigenvalue weighted by atomic mass is 10.1. The number of aliphatic imine (C=N–C) groups is 1. The highest BCUT2D eigenvalue weighted by Gasteiger charge is 2.37. The van der Waals surface area contributed by atoms with Crippen LogP contribution in [0.25, 0.3) is 0 Å². The number of carbonyl (C=O) groups excluding carboxylic acids is 2. The third-order valence-corrected chi connectivity index (χ3v) is 5.09. The van der Waals surface area contributed by atoms with Gasteiger partial charge in [0.15, 0.2) is 0 Å². The van der Waals surface area contributed by atoms with Crippen molar-refractivity contribution in [2.24, 2.45) is 10.9 Å². The normalized spacial score (nSPS) is 18.0. The highest BCUT2D eigenvalue weighted by Crippen LogP contribution is 2.37. The van der Waals surface area contributed by atoms with Crippen LogP contribution in [0.15, 0.2) is 53.5 Å². The molecule has 2 aromatic carbocycles. The van der Waals surface area contributed by atoms with Crippen molar-refractivity contribution in [1.29, 1.82) is 0 Å². The van der Waals surface area contributed by atoms with Gasteiger partial charge in [-0.05, 0) is 50.5 Å². The molecule has 2 aromatic rings. The van der Waals surface area contributed by atoms with Crippen molar-refractivity contribution in [3.8, 4) is 5.75 Å². The molecule has 1 atom stereocenters. The van der Waals surface area contributed by atoms with Crippen molar-refractivity contribution >= 4 is 34.6 Å². The lowest BCUT2D eigenvalue weighted by molar-refractivity contribution is -0.123. The molecule has 1 N–H and O–H groups in total. The van der Waals surface area contributed by atoms with Crippen LogP contribution in [-0.4, -0.2) is 30.7 Å². The predicted octanol–water partition coefficient (Wildman–Crippen LogP) is 3.94. The van der Waals surface area contributed by atoms with Gasteiger partial charge in [0.1, 0.15) is 12.3 Å². The summed E-state index contributed by atoms with van der Waals surface area (Å²) in [5.41, 5.74) is 2.96. The van der Waals surface area contributed by atoms with E-state index in [1.807, 2.05) is 49.4 Å². The predicted molar refractivity (Wildman–Crippen MR) is 109 cm³/mol. The quantitative estimate of drug-likeness (QED) is 0.858. The minimum Gasteiger partial charge on any atom is -0.492 e. The van der Waals surface area contributed by atoms with Crippen LogP contribution in [0.4, 0.5) is 17.1 Å². The minimum absolute atomic E-state index is 0.0468. The molecule has 4 rings (SSSR count). The second-order valence-corrected chi connectivity index (χ2v) is 6.94. The monoisotopic (exact) mass is 377 g/mol. The van der Waals surface area contributed by atoms with E-state index in [9.17, 15) is 9.59 Å². The number of carbonyl (C=O) groups is 2. The summed E-state index contributed by atoms with van der Waals surface area (Å²) in [5, 5.41) is 2.88. The van der Waals surface area contributed by atoms with E-state index in [1.165, 1.54) is 0 Å². The maximum atomic E-state index is 13.2. The minimum atomic E-state index is -0.267. The summed E-state index contributed by atoms with van der Waals surface area (Å²) in [6.45, 7) is 2.34. The molecular formula is C22H23N3O3. The van der Waals surface area contributed by atoms with Crippen LogP contribution in [0.3, 0.4) is 0 Å². The highest BCUT2D eigenvalue weighted by molar-refractivity contribution is 6.16. The lowest BCUT2D eigenvalue weighted by Gasteiger charge is -2.24. The van der Waals surface area contributed by atoms with Crippen molar-refractivity contribution in [2.75, 3.05) is 23.4 Å². The first kappa shape index (κ1) is 18.2. The average molecular weight is 377 g/mol. The number of anilines is 2. The van der Waals surface area contributed by atoms with Crippen LogP contribution in [0, 0.1) is 5.92 Å². The molecule has 0 aromatic heterocycles. The van der Waals surface area contributed by atoms with Gasteiger partial charge in [0.2, 0.25) is 11.8 Å². The molecule has 1 fully saturated rings. The third kappa shape index (κ3) is 3.50. The summed E-state index contributed by atoms with van der Waals surface area (Å²) in [5.74, 6) is 0.0736. The number of hydrogen-bond donors (Lipinski definition) is 1. The van der Waals surface area contributed by atoms with E-state index in [-0.39, 0.29) is 24.3 Å². The molecule has 2 aliphatic rings. The maximum absolute atomic E-state index is 13.2. The van der Waals surface area contributed by atoms with E-state index in [0.29, 0.717) is 23.7 Å². The first-order valence-corrected chi connectivity index (χ1v) is 9.67. The number of amides is 2. The van der Waals surface area contributed by atoms with Gasteiger partial charge in [-0.25, -0.2) is 0 Å². The van der Waals surface area contributed by atoms with Crippen molar-refractivity contribution in [3.05, 3.63) is 48.5 Å². The SMILES string of the molecule is CCOc1ccccc1NC(=O)CN1C(=O)[C@H]2CCCC2=Nc2ccccc21. The summed E-state index contributed by atoms with van der Waals surface area (Å²) in [6.07, 6.45) is 2.59. The van der Waals surface area contributed by atoms with Crippen molar-refractivity contribution in [3.63, 3.8) is 0 Å². The van der Waals surface area contributed by atoms with E-state index in [2.05, 4.69) is 5.32 Å². The van der Waals surface area contributed by atoms with Crippen LogP contribution in [-0.2, 0) is 9.59 Å². The van der Waals surface area contributed by atoms with Crippen molar-refractivity contribution < 1.29 is 14.3 Å². The molecule has 144 valence electrons. The summed E-state index contributed by atoms with van der Waals surface area (Å²) in [6, 6.07) is 14.8. The van der Waals surface area contributed by atoms with Gasteiger partial charge in [-0.2, -0.15) is 0 Å². The van der Waals surface area contributed by atoms with Crippen LogP contribution >= 0.6 is 0 Å². The summed E-state index contributed by atoms with van der Waals surface area (Å²) >= 11 is 0. The first-order valence-electron chi connectivity index (χ1n) is 9.67. The Hall–Kier alpha value is -3.15. The smallest absolute Gasteiger partial charge is 0.244 e. The summed E-state index contributed by atoms with van der Waals surface area (Å²) in [4.78, 5) is 32.3. The third-order valence-electron chi connectivity index (χ3n) is 5.09. The molecule has 1 aliphatic heterocycles. The van der Waals surface area contributed by atoms with Crippen LogP contribution < -0.4 is 15.0 Å². The molecule has 2 amide bonds. The first-order chi connectivity index (χ1) is 13.7. The largest absolute Gasteiger partial charge is 0.492 e. The fraction of sp³-hybridized carbons (Fsp3) is 0.318. The van der Waals surface area contributed by atoms with E-state index >= 15 is 0 Å². The summed E-state index contributed by atoms with van der Waals surface area (Å²) < 4.78 is 5.57. The van der Waals surface area contributed by atoms with Crippen LogP contribution in [0.5, 0.6) is 5.75 Å². The van der Waals surface area contributed by atoms with Crippen LogP contribution in [0.2, 0.25) is 0 Å². The zero-order valence-corrected chi connectivity index (χ0v) is 15.9. The molecule has 0 saturated heterocycles. The van der Waals surface area contributed by atoms with E-state index in [0.717, 1.165) is 30.7 Å². The van der Waals surface area contributed by atoms with E-state index < -0.39 is 0 Å². The Morgan fingerprint density at radius 1 is 1.21 bits per heavy atom. The number of fused-ring (bicyclic) bond motifs is 2. The molecule has 1 aliphatic carbocycles. The maximum Gasteiger partial charge on any atom is 0.244 e. The number of hydrogen-bond acceptors (Lipinski definition) is 4. The van der Waals surface area contributed by atoms with Gasteiger partial charge in [0.25, 0.3) is 0 Å². The molecule has 0 spiro atoms. The fourth-order valence-corrected chi connectivity index (χ4v) is 3.82. The molecule has 1 heterocycles. The number of rotatable bonds is 5. The zero-order chi connectivity index (χ0) is 19.5. The number of para-hydroxylation sites is 4. The number of nitrogens with one attached hydrogen (secondary N) is 1. The second kappa shape index (κ2) is 7.84. The Labute approximate surface area is 164 Å². The average Bonchev–Trinajstić information content (AvgIpc) is 3.12. The zero-order valence-electron chi connectivity index (χ0n) is 15.9.